The van der Waals surface area contributed by atoms with Gasteiger partial charge in [-0.1, -0.05) is 26.0 Å². The van der Waals surface area contributed by atoms with Crippen LogP contribution in [0.25, 0.3) is 0 Å². The maximum absolute atomic E-state index is 12.4. The predicted molar refractivity (Wildman–Crippen MR) is 75.3 cm³/mol. The standard InChI is InChI=1S/C13H22N2O3S/c1-5-14-9-12-7-8-13(18-12)19(16,17)15(6-2)10-11(3)4/h7-8,14H,3,5-6,9-10H2,1-2,4H3. The molecule has 0 atom stereocenters. The van der Waals surface area contributed by atoms with Gasteiger partial charge in [-0.2, -0.15) is 4.31 Å². The number of likely N-dealkylation sites (N-methyl/N-ethyl adjacent to an activating group) is 1. The monoisotopic (exact) mass is 286 g/mol. The topological polar surface area (TPSA) is 62.6 Å². The van der Waals surface area contributed by atoms with Gasteiger partial charge in [0.15, 0.2) is 0 Å². The molecule has 1 rings (SSSR count). The van der Waals surface area contributed by atoms with E-state index in [9.17, 15) is 8.42 Å². The van der Waals surface area contributed by atoms with Crippen molar-refractivity contribution in [1.82, 2.24) is 9.62 Å². The molecular formula is C13H22N2O3S. The summed E-state index contributed by atoms with van der Waals surface area (Å²) in [4.78, 5) is 0. The first-order valence-electron chi connectivity index (χ1n) is 6.35. The number of hydrogen-bond acceptors (Lipinski definition) is 4. The van der Waals surface area contributed by atoms with E-state index in [2.05, 4.69) is 11.9 Å². The van der Waals surface area contributed by atoms with Gasteiger partial charge in [-0.05, 0) is 25.6 Å². The molecule has 0 saturated heterocycles. The van der Waals surface area contributed by atoms with E-state index in [0.717, 1.165) is 12.1 Å². The first-order valence-corrected chi connectivity index (χ1v) is 7.79. The first kappa shape index (κ1) is 15.9. The van der Waals surface area contributed by atoms with Crippen LogP contribution in [0.1, 0.15) is 26.5 Å². The van der Waals surface area contributed by atoms with E-state index in [4.69, 9.17) is 4.42 Å². The highest BCUT2D eigenvalue weighted by atomic mass is 32.2. The van der Waals surface area contributed by atoms with Crippen molar-refractivity contribution in [2.75, 3.05) is 19.6 Å². The van der Waals surface area contributed by atoms with Crippen LogP contribution in [0.2, 0.25) is 0 Å². The Morgan fingerprint density at radius 2 is 2.11 bits per heavy atom. The Morgan fingerprint density at radius 3 is 2.63 bits per heavy atom. The molecule has 0 aliphatic carbocycles. The highest BCUT2D eigenvalue weighted by Gasteiger charge is 2.26. The summed E-state index contributed by atoms with van der Waals surface area (Å²) in [7, 11) is -3.57. The smallest absolute Gasteiger partial charge is 0.276 e. The van der Waals surface area contributed by atoms with Crippen molar-refractivity contribution >= 4 is 10.0 Å². The highest BCUT2D eigenvalue weighted by molar-refractivity contribution is 7.89. The van der Waals surface area contributed by atoms with Crippen LogP contribution in [0.15, 0.2) is 33.8 Å². The fourth-order valence-electron chi connectivity index (χ4n) is 1.64. The van der Waals surface area contributed by atoms with Gasteiger partial charge < -0.3 is 9.73 Å². The Bertz CT molecular complexity index is 520. The Balaban J connectivity index is 2.92. The van der Waals surface area contributed by atoms with E-state index >= 15 is 0 Å². The molecule has 0 unspecified atom stereocenters. The molecule has 5 nitrogen and oxygen atoms in total. The van der Waals surface area contributed by atoms with Crippen LogP contribution in [0.4, 0.5) is 0 Å². The Labute approximate surface area is 115 Å². The minimum atomic E-state index is -3.57. The molecular weight excluding hydrogens is 264 g/mol. The molecule has 0 amide bonds. The predicted octanol–water partition coefficient (Wildman–Crippen LogP) is 1.98. The third-order valence-corrected chi connectivity index (χ3v) is 4.37. The molecule has 0 bridgehead atoms. The second-order valence-electron chi connectivity index (χ2n) is 4.39. The number of nitrogens with zero attached hydrogens (tertiary/aromatic N) is 1. The van der Waals surface area contributed by atoms with Gasteiger partial charge in [0.1, 0.15) is 5.76 Å². The van der Waals surface area contributed by atoms with E-state index in [-0.39, 0.29) is 5.09 Å². The van der Waals surface area contributed by atoms with Crippen molar-refractivity contribution in [2.45, 2.75) is 32.4 Å². The van der Waals surface area contributed by atoms with Crippen LogP contribution in [-0.2, 0) is 16.6 Å². The molecule has 0 aliphatic rings. The molecule has 0 aliphatic heterocycles. The van der Waals surface area contributed by atoms with Crippen LogP contribution in [-0.4, -0.2) is 32.4 Å². The SMILES string of the molecule is C=C(C)CN(CC)S(=O)(=O)c1ccc(CNCC)o1. The number of rotatable bonds is 8. The number of furan rings is 1. The van der Waals surface area contributed by atoms with Crippen LogP contribution >= 0.6 is 0 Å². The first-order chi connectivity index (χ1) is 8.91. The molecule has 6 heteroatoms. The van der Waals surface area contributed by atoms with E-state index in [1.165, 1.54) is 10.4 Å². The van der Waals surface area contributed by atoms with Gasteiger partial charge in [0, 0.05) is 13.1 Å². The second-order valence-corrected chi connectivity index (χ2v) is 6.26. The minimum Gasteiger partial charge on any atom is -0.447 e. The molecule has 0 spiro atoms. The lowest BCUT2D eigenvalue weighted by Crippen LogP contribution is -2.32. The fraction of sp³-hybridized carbons (Fsp3) is 0.538. The Hall–Kier alpha value is -1.11. The maximum atomic E-state index is 12.4. The van der Waals surface area contributed by atoms with Gasteiger partial charge in [-0.25, -0.2) is 8.42 Å². The number of nitrogens with one attached hydrogen (secondary N) is 1. The van der Waals surface area contributed by atoms with E-state index in [0.29, 0.717) is 25.4 Å². The zero-order valence-corrected chi connectivity index (χ0v) is 12.6. The summed E-state index contributed by atoms with van der Waals surface area (Å²) in [6, 6.07) is 3.19. The highest BCUT2D eigenvalue weighted by Crippen LogP contribution is 2.19. The summed E-state index contributed by atoms with van der Waals surface area (Å²) >= 11 is 0. The molecule has 1 aromatic rings. The van der Waals surface area contributed by atoms with Crippen molar-refractivity contribution < 1.29 is 12.8 Å². The maximum Gasteiger partial charge on any atom is 0.276 e. The lowest BCUT2D eigenvalue weighted by atomic mass is 10.3. The van der Waals surface area contributed by atoms with Gasteiger partial charge in [0.2, 0.25) is 5.09 Å². The summed E-state index contributed by atoms with van der Waals surface area (Å²) in [5.74, 6) is 0.617. The van der Waals surface area contributed by atoms with Gasteiger partial charge >= 0.3 is 0 Å². The largest absolute Gasteiger partial charge is 0.447 e. The third-order valence-electron chi connectivity index (χ3n) is 2.58. The van der Waals surface area contributed by atoms with E-state index in [1.54, 1.807) is 19.9 Å². The summed E-state index contributed by atoms with van der Waals surface area (Å²) in [5.41, 5.74) is 0.796. The number of hydrogen-bond donors (Lipinski definition) is 1. The quantitative estimate of drug-likeness (QED) is 0.742. The van der Waals surface area contributed by atoms with Crippen LogP contribution in [0.3, 0.4) is 0 Å². The molecule has 1 aromatic heterocycles. The molecule has 0 fully saturated rings. The minimum absolute atomic E-state index is 0.0106. The van der Waals surface area contributed by atoms with E-state index < -0.39 is 10.0 Å². The summed E-state index contributed by atoms with van der Waals surface area (Å²) < 4.78 is 31.5. The van der Waals surface area contributed by atoms with Crippen molar-refractivity contribution in [3.63, 3.8) is 0 Å². The van der Waals surface area contributed by atoms with Gasteiger partial charge in [-0.15, -0.1) is 0 Å². The van der Waals surface area contributed by atoms with Gasteiger partial charge in [0.05, 0.1) is 6.54 Å². The average Bonchev–Trinajstić information content (AvgIpc) is 2.82. The molecule has 0 aromatic carbocycles. The van der Waals surface area contributed by atoms with Gasteiger partial charge in [-0.3, -0.25) is 0 Å². The summed E-state index contributed by atoms with van der Waals surface area (Å²) in [5, 5.41) is 3.08. The Kier molecular flexibility index (Phi) is 5.78. The lowest BCUT2D eigenvalue weighted by Gasteiger charge is -2.18. The van der Waals surface area contributed by atoms with Gasteiger partial charge in [0.25, 0.3) is 10.0 Å². The van der Waals surface area contributed by atoms with Crippen LogP contribution < -0.4 is 5.32 Å². The van der Waals surface area contributed by atoms with Crippen molar-refractivity contribution in [2.24, 2.45) is 0 Å². The second kappa shape index (κ2) is 6.88. The molecule has 1 N–H and O–H groups in total. The van der Waals surface area contributed by atoms with Crippen molar-refractivity contribution in [1.29, 1.82) is 0 Å². The molecule has 19 heavy (non-hydrogen) atoms. The zero-order chi connectivity index (χ0) is 14.5. The molecule has 0 radical (unpaired) electrons. The molecule has 108 valence electrons. The van der Waals surface area contributed by atoms with Crippen molar-refractivity contribution in [3.05, 3.63) is 30.0 Å². The lowest BCUT2D eigenvalue weighted by molar-refractivity contribution is 0.377. The zero-order valence-electron chi connectivity index (χ0n) is 11.8. The molecule has 1 heterocycles. The summed E-state index contributed by atoms with van der Waals surface area (Å²) in [6.45, 7) is 11.4. The third kappa shape index (κ3) is 4.19. The van der Waals surface area contributed by atoms with E-state index in [1.807, 2.05) is 6.92 Å². The fourth-order valence-corrected chi connectivity index (χ4v) is 3.07. The van der Waals surface area contributed by atoms with Crippen molar-refractivity contribution in [3.8, 4) is 0 Å². The van der Waals surface area contributed by atoms with Crippen LogP contribution in [0.5, 0.6) is 0 Å². The molecule has 0 saturated carbocycles. The van der Waals surface area contributed by atoms with Crippen LogP contribution in [0, 0.1) is 0 Å². The number of sulfonamides is 1. The Morgan fingerprint density at radius 1 is 1.42 bits per heavy atom. The normalized spacial score (nSPS) is 12.0. The average molecular weight is 286 g/mol. The summed E-state index contributed by atoms with van der Waals surface area (Å²) in [6.07, 6.45) is 0.